The van der Waals surface area contributed by atoms with Crippen LogP contribution >= 0.6 is 0 Å². The summed E-state index contributed by atoms with van der Waals surface area (Å²) >= 11 is 0. The predicted octanol–water partition coefficient (Wildman–Crippen LogP) is 3.70. The Bertz CT molecular complexity index is 259. The normalized spacial score (nSPS) is 30.8. The van der Waals surface area contributed by atoms with Crippen LogP contribution in [0.2, 0.25) is 0 Å². The average Bonchev–Trinajstić information content (AvgIpc) is 2.74. The molecule has 2 aliphatic rings. The molecule has 0 N–H and O–H groups in total. The summed E-state index contributed by atoms with van der Waals surface area (Å²) in [5.41, 5.74) is 0.359. The topological polar surface area (TPSA) is 26.3 Å². The van der Waals surface area contributed by atoms with Crippen LogP contribution in [-0.2, 0) is 9.53 Å². The first-order valence-corrected chi connectivity index (χ1v) is 5.88. The molecule has 2 aliphatic carbocycles. The second kappa shape index (κ2) is 5.27. The van der Waals surface area contributed by atoms with Crippen LogP contribution in [-0.4, -0.2) is 19.3 Å². The van der Waals surface area contributed by atoms with Gasteiger partial charge in [0.25, 0.3) is 0 Å². The van der Waals surface area contributed by atoms with Crippen LogP contribution in [0.4, 0.5) is 13.2 Å². The smallest absolute Gasteiger partial charge is 0.386 e. The maximum Gasteiger partial charge on any atom is 0.386 e. The minimum Gasteiger partial charge on any atom is -0.469 e. The highest BCUT2D eigenvalue weighted by Crippen LogP contribution is 2.55. The van der Waals surface area contributed by atoms with Gasteiger partial charge >= 0.3 is 12.1 Å². The fourth-order valence-electron chi connectivity index (χ4n) is 2.94. The summed E-state index contributed by atoms with van der Waals surface area (Å²) in [7, 11) is 1.49. The quantitative estimate of drug-likeness (QED) is 0.700. The standard InChI is InChI=1S/C10H16O2.C2H3F3/c1-12-9(11)7-10-4-2-8(6-10)3-5-10;1-2(3,4)5/h8H,2-7H2,1H3;1H3. The SMILES string of the molecule is CC(F)(F)F.COC(=O)CC12CCC(CC1)C2. The summed E-state index contributed by atoms with van der Waals surface area (Å²) in [6.07, 6.45) is 3.15. The van der Waals surface area contributed by atoms with Gasteiger partial charge in [-0.3, -0.25) is 4.79 Å². The molecule has 0 saturated heterocycles. The van der Waals surface area contributed by atoms with Crippen molar-refractivity contribution in [3.05, 3.63) is 0 Å². The molecule has 2 fully saturated rings. The highest BCUT2D eigenvalue weighted by Gasteiger charge is 2.45. The second-order valence-electron chi connectivity index (χ2n) is 5.18. The number of rotatable bonds is 2. The molecule has 0 spiro atoms. The van der Waals surface area contributed by atoms with Gasteiger partial charge in [0.15, 0.2) is 0 Å². The molecule has 0 heterocycles. The minimum absolute atomic E-state index is 0.0162. The van der Waals surface area contributed by atoms with Crippen molar-refractivity contribution < 1.29 is 22.7 Å². The zero-order valence-corrected chi connectivity index (χ0v) is 10.3. The number of hydrogen-bond donors (Lipinski definition) is 0. The number of fused-ring (bicyclic) bond motifs is 2. The Hall–Kier alpha value is -0.740. The van der Waals surface area contributed by atoms with Gasteiger partial charge in [0.2, 0.25) is 0 Å². The van der Waals surface area contributed by atoms with Crippen LogP contribution in [0.1, 0.15) is 45.4 Å². The first kappa shape index (κ1) is 14.3. The van der Waals surface area contributed by atoms with E-state index in [4.69, 9.17) is 4.74 Å². The van der Waals surface area contributed by atoms with E-state index in [1.165, 1.54) is 39.2 Å². The first-order chi connectivity index (χ1) is 7.74. The monoisotopic (exact) mass is 252 g/mol. The molecule has 0 aromatic carbocycles. The molecule has 0 aromatic heterocycles. The molecule has 0 aliphatic heterocycles. The summed E-state index contributed by atoms with van der Waals surface area (Å²) in [6, 6.07) is 0. The molecular formula is C12H19F3O2. The molecule has 0 radical (unpaired) electrons. The number of ether oxygens (including phenoxy) is 1. The summed E-state index contributed by atoms with van der Waals surface area (Å²) < 4.78 is 35.8. The van der Waals surface area contributed by atoms with Crippen molar-refractivity contribution in [3.63, 3.8) is 0 Å². The zero-order valence-electron chi connectivity index (χ0n) is 10.3. The molecular weight excluding hydrogens is 233 g/mol. The lowest BCUT2D eigenvalue weighted by Crippen LogP contribution is -2.19. The third kappa shape index (κ3) is 4.96. The summed E-state index contributed by atoms with van der Waals surface area (Å²) in [5.74, 6) is 0.909. The van der Waals surface area contributed by atoms with E-state index < -0.39 is 6.18 Å². The number of halogens is 3. The summed E-state index contributed by atoms with van der Waals surface area (Å²) in [4.78, 5) is 11.1. The highest BCUT2D eigenvalue weighted by molar-refractivity contribution is 5.70. The van der Waals surface area contributed by atoms with Gasteiger partial charge in [-0.25, -0.2) is 0 Å². The lowest BCUT2D eigenvalue weighted by molar-refractivity contribution is -0.143. The fourth-order valence-corrected chi connectivity index (χ4v) is 2.94. The highest BCUT2D eigenvalue weighted by atomic mass is 19.4. The molecule has 2 nitrogen and oxygen atoms in total. The molecule has 2 saturated carbocycles. The van der Waals surface area contributed by atoms with E-state index in [0.717, 1.165) is 5.92 Å². The largest absolute Gasteiger partial charge is 0.469 e. The molecule has 100 valence electrons. The molecule has 5 heteroatoms. The molecule has 0 unspecified atom stereocenters. The zero-order chi connectivity index (χ0) is 13.1. The van der Waals surface area contributed by atoms with Crippen LogP contribution in [0, 0.1) is 11.3 Å². The van der Waals surface area contributed by atoms with Gasteiger partial charge in [0.05, 0.1) is 13.5 Å². The van der Waals surface area contributed by atoms with Crippen LogP contribution in [0.25, 0.3) is 0 Å². The van der Waals surface area contributed by atoms with E-state index in [1.807, 2.05) is 0 Å². The van der Waals surface area contributed by atoms with Gasteiger partial charge in [-0.1, -0.05) is 0 Å². The van der Waals surface area contributed by atoms with Gasteiger partial charge in [-0.2, -0.15) is 13.2 Å². The van der Waals surface area contributed by atoms with Crippen molar-refractivity contribution in [3.8, 4) is 0 Å². The van der Waals surface area contributed by atoms with Gasteiger partial charge in [-0.15, -0.1) is 0 Å². The van der Waals surface area contributed by atoms with Gasteiger partial charge in [0.1, 0.15) is 0 Å². The maximum absolute atomic E-state index is 11.1. The van der Waals surface area contributed by atoms with Crippen LogP contribution in [0.5, 0.6) is 0 Å². The van der Waals surface area contributed by atoms with Crippen molar-refractivity contribution >= 4 is 5.97 Å². The third-order valence-corrected chi connectivity index (χ3v) is 3.63. The number of esters is 1. The summed E-state index contributed by atoms with van der Waals surface area (Å²) in [6.45, 7) is 0.188. The van der Waals surface area contributed by atoms with Crippen molar-refractivity contribution in [2.45, 2.75) is 51.6 Å². The number of methoxy groups -OCH3 is 1. The molecule has 2 rings (SSSR count). The van der Waals surface area contributed by atoms with Gasteiger partial charge < -0.3 is 4.74 Å². The summed E-state index contributed by atoms with van der Waals surface area (Å²) in [5, 5.41) is 0. The Balaban J connectivity index is 0.000000249. The van der Waals surface area contributed by atoms with E-state index >= 15 is 0 Å². The average molecular weight is 252 g/mol. The number of hydrogen-bond acceptors (Lipinski definition) is 2. The second-order valence-corrected chi connectivity index (χ2v) is 5.18. The van der Waals surface area contributed by atoms with Gasteiger partial charge in [-0.05, 0) is 43.4 Å². The first-order valence-electron chi connectivity index (χ1n) is 5.88. The Labute approximate surface area is 99.5 Å². The Kier molecular flexibility index (Phi) is 4.44. The molecule has 0 amide bonds. The maximum atomic E-state index is 11.1. The van der Waals surface area contributed by atoms with E-state index in [0.29, 0.717) is 11.8 Å². The van der Waals surface area contributed by atoms with E-state index in [-0.39, 0.29) is 12.9 Å². The van der Waals surface area contributed by atoms with E-state index in [2.05, 4.69) is 0 Å². The van der Waals surface area contributed by atoms with Crippen molar-refractivity contribution in [2.24, 2.45) is 11.3 Å². The van der Waals surface area contributed by atoms with Gasteiger partial charge in [0, 0.05) is 6.92 Å². The predicted molar refractivity (Wildman–Crippen MR) is 57.4 cm³/mol. The number of carbonyl (C=O) groups is 1. The Morgan fingerprint density at radius 2 is 1.82 bits per heavy atom. The molecule has 17 heavy (non-hydrogen) atoms. The van der Waals surface area contributed by atoms with E-state index in [9.17, 15) is 18.0 Å². The lowest BCUT2D eigenvalue weighted by atomic mass is 9.81. The van der Waals surface area contributed by atoms with Crippen LogP contribution < -0.4 is 0 Å². The van der Waals surface area contributed by atoms with Crippen molar-refractivity contribution in [1.29, 1.82) is 0 Å². The lowest BCUT2D eigenvalue weighted by Gasteiger charge is -2.24. The van der Waals surface area contributed by atoms with Crippen molar-refractivity contribution in [1.82, 2.24) is 0 Å². The minimum atomic E-state index is -4.00. The molecule has 2 bridgehead atoms. The van der Waals surface area contributed by atoms with Crippen LogP contribution in [0.15, 0.2) is 0 Å². The van der Waals surface area contributed by atoms with E-state index in [1.54, 1.807) is 0 Å². The third-order valence-electron chi connectivity index (χ3n) is 3.63. The molecule has 0 atom stereocenters. The fraction of sp³-hybridized carbons (Fsp3) is 0.917. The number of carbonyl (C=O) groups excluding carboxylic acids is 1. The van der Waals surface area contributed by atoms with Crippen LogP contribution in [0.3, 0.4) is 0 Å². The number of alkyl halides is 3. The molecule has 0 aromatic rings. The Morgan fingerprint density at radius 1 is 1.35 bits per heavy atom. The van der Waals surface area contributed by atoms with Crippen molar-refractivity contribution in [2.75, 3.05) is 7.11 Å². The Morgan fingerprint density at radius 3 is 2.12 bits per heavy atom.